The molecule has 0 bridgehead atoms. The minimum absolute atomic E-state index is 0.239. The number of nitrogens with zero attached hydrogens (tertiary/aromatic N) is 3. The predicted molar refractivity (Wildman–Crippen MR) is 62.0 cm³/mol. The Hall–Kier alpha value is -1.40. The molecule has 0 aromatic carbocycles. The van der Waals surface area contributed by atoms with E-state index in [0.717, 1.165) is 25.3 Å². The number of hydrazine groups is 1. The zero-order valence-corrected chi connectivity index (χ0v) is 9.35. The summed E-state index contributed by atoms with van der Waals surface area (Å²) in [5.74, 6) is 7.88. The molecule has 1 unspecified atom stereocenters. The van der Waals surface area contributed by atoms with Crippen LogP contribution in [0.15, 0.2) is 6.07 Å². The zero-order valence-electron chi connectivity index (χ0n) is 9.35. The van der Waals surface area contributed by atoms with Gasteiger partial charge < -0.3 is 15.4 Å². The van der Waals surface area contributed by atoms with E-state index in [1.807, 2.05) is 13.0 Å². The maximum Gasteiger partial charge on any atom is 0.145 e. The van der Waals surface area contributed by atoms with E-state index in [1.54, 1.807) is 0 Å². The molecule has 0 saturated carbocycles. The van der Waals surface area contributed by atoms with Gasteiger partial charge in [-0.25, -0.2) is 15.8 Å². The van der Waals surface area contributed by atoms with Gasteiger partial charge in [-0.05, 0) is 13.3 Å². The number of nitrogens with two attached hydrogens (primary N) is 1. The van der Waals surface area contributed by atoms with Gasteiger partial charge in [0.25, 0.3) is 0 Å². The molecule has 1 aromatic rings. The van der Waals surface area contributed by atoms with Crippen molar-refractivity contribution in [3.8, 4) is 0 Å². The molecule has 1 saturated heterocycles. The van der Waals surface area contributed by atoms with Gasteiger partial charge in [-0.2, -0.15) is 0 Å². The molecule has 0 spiro atoms. The number of nitrogen functional groups attached to an aromatic ring is 1. The summed E-state index contributed by atoms with van der Waals surface area (Å²) in [6.45, 7) is 3.84. The minimum Gasteiger partial charge on any atom is -0.396 e. The maximum atomic E-state index is 9.09. The molecule has 1 atom stereocenters. The first-order chi connectivity index (χ1) is 7.72. The SMILES string of the molecule is Cc1nc(NN)cc(N2CCC(CO)C2)n1. The molecule has 1 aliphatic heterocycles. The molecular weight excluding hydrogens is 206 g/mol. The van der Waals surface area contributed by atoms with E-state index in [1.165, 1.54) is 0 Å². The van der Waals surface area contributed by atoms with E-state index in [4.69, 9.17) is 10.9 Å². The predicted octanol–water partition coefficient (Wildman–Crippen LogP) is -0.111. The van der Waals surface area contributed by atoms with Crippen molar-refractivity contribution in [1.82, 2.24) is 9.97 Å². The fraction of sp³-hybridized carbons (Fsp3) is 0.600. The summed E-state index contributed by atoms with van der Waals surface area (Å²) < 4.78 is 0. The fourth-order valence-electron chi connectivity index (χ4n) is 1.98. The molecule has 0 aliphatic carbocycles. The third-order valence-corrected chi connectivity index (χ3v) is 2.84. The van der Waals surface area contributed by atoms with Gasteiger partial charge in [-0.3, -0.25) is 0 Å². The van der Waals surface area contributed by atoms with E-state index in [-0.39, 0.29) is 6.61 Å². The smallest absolute Gasteiger partial charge is 0.145 e. The van der Waals surface area contributed by atoms with Crippen molar-refractivity contribution in [3.63, 3.8) is 0 Å². The lowest BCUT2D eigenvalue weighted by Crippen LogP contribution is -2.22. The second-order valence-electron chi connectivity index (χ2n) is 4.09. The van der Waals surface area contributed by atoms with E-state index in [9.17, 15) is 0 Å². The maximum absolute atomic E-state index is 9.09. The van der Waals surface area contributed by atoms with Crippen LogP contribution in [0, 0.1) is 12.8 Å². The van der Waals surface area contributed by atoms with Crippen molar-refractivity contribution in [1.29, 1.82) is 0 Å². The molecule has 4 N–H and O–H groups in total. The lowest BCUT2D eigenvalue weighted by atomic mass is 10.1. The van der Waals surface area contributed by atoms with E-state index >= 15 is 0 Å². The average Bonchev–Trinajstić information content (AvgIpc) is 2.76. The van der Waals surface area contributed by atoms with Gasteiger partial charge in [0.2, 0.25) is 0 Å². The van der Waals surface area contributed by atoms with Gasteiger partial charge in [0.1, 0.15) is 17.5 Å². The van der Waals surface area contributed by atoms with Crippen molar-refractivity contribution in [2.24, 2.45) is 11.8 Å². The number of anilines is 2. The van der Waals surface area contributed by atoms with Gasteiger partial charge in [0.15, 0.2) is 0 Å². The van der Waals surface area contributed by atoms with Crippen LogP contribution in [0.5, 0.6) is 0 Å². The van der Waals surface area contributed by atoms with Crippen molar-refractivity contribution < 1.29 is 5.11 Å². The lowest BCUT2D eigenvalue weighted by Gasteiger charge is -2.18. The van der Waals surface area contributed by atoms with Crippen LogP contribution in [-0.2, 0) is 0 Å². The largest absolute Gasteiger partial charge is 0.396 e. The Morgan fingerprint density at radius 3 is 3.06 bits per heavy atom. The highest BCUT2D eigenvalue weighted by Crippen LogP contribution is 2.23. The Morgan fingerprint density at radius 1 is 1.62 bits per heavy atom. The normalized spacial score (nSPS) is 20.2. The van der Waals surface area contributed by atoms with Gasteiger partial charge in [-0.1, -0.05) is 0 Å². The summed E-state index contributed by atoms with van der Waals surface area (Å²) in [6, 6.07) is 1.83. The van der Waals surface area contributed by atoms with E-state index in [0.29, 0.717) is 17.6 Å². The second-order valence-corrected chi connectivity index (χ2v) is 4.09. The Balaban J connectivity index is 2.17. The van der Waals surface area contributed by atoms with Crippen LogP contribution >= 0.6 is 0 Å². The number of hydrogen-bond acceptors (Lipinski definition) is 6. The first-order valence-electron chi connectivity index (χ1n) is 5.41. The molecule has 0 amide bonds. The van der Waals surface area contributed by atoms with Crippen LogP contribution < -0.4 is 16.2 Å². The highest BCUT2D eigenvalue weighted by Gasteiger charge is 2.23. The third-order valence-electron chi connectivity index (χ3n) is 2.84. The first-order valence-corrected chi connectivity index (χ1v) is 5.41. The monoisotopic (exact) mass is 223 g/mol. The molecule has 88 valence electrons. The topological polar surface area (TPSA) is 87.3 Å². The van der Waals surface area contributed by atoms with Crippen molar-refractivity contribution in [2.75, 3.05) is 30.0 Å². The number of aliphatic hydroxyl groups excluding tert-OH is 1. The Morgan fingerprint density at radius 2 is 2.44 bits per heavy atom. The first kappa shape index (κ1) is 11.1. The second kappa shape index (κ2) is 4.63. The number of hydrogen-bond donors (Lipinski definition) is 3. The number of aryl methyl sites for hydroxylation is 1. The Bertz CT molecular complexity index is 370. The van der Waals surface area contributed by atoms with Crippen molar-refractivity contribution >= 4 is 11.6 Å². The highest BCUT2D eigenvalue weighted by atomic mass is 16.3. The molecule has 0 radical (unpaired) electrons. The van der Waals surface area contributed by atoms with E-state index < -0.39 is 0 Å². The standard InChI is InChI=1S/C10H17N5O/c1-7-12-9(14-11)4-10(13-7)15-3-2-8(5-15)6-16/h4,8,16H,2-3,5-6,11H2,1H3,(H,12,13,14). The van der Waals surface area contributed by atoms with Crippen LogP contribution in [0.4, 0.5) is 11.6 Å². The van der Waals surface area contributed by atoms with Crippen LogP contribution in [0.3, 0.4) is 0 Å². The molecule has 6 heteroatoms. The molecule has 16 heavy (non-hydrogen) atoms. The highest BCUT2D eigenvalue weighted by molar-refractivity contribution is 5.49. The average molecular weight is 223 g/mol. The molecule has 2 heterocycles. The van der Waals surface area contributed by atoms with Gasteiger partial charge in [0.05, 0.1) is 0 Å². The number of nitrogens with one attached hydrogen (secondary N) is 1. The lowest BCUT2D eigenvalue weighted by molar-refractivity contribution is 0.238. The van der Waals surface area contributed by atoms with Crippen LogP contribution in [0.1, 0.15) is 12.2 Å². The summed E-state index contributed by atoms with van der Waals surface area (Å²) in [5.41, 5.74) is 2.53. The Kier molecular flexibility index (Phi) is 3.21. The Labute approximate surface area is 94.5 Å². The minimum atomic E-state index is 0.239. The third kappa shape index (κ3) is 2.23. The molecule has 2 rings (SSSR count). The van der Waals surface area contributed by atoms with E-state index in [2.05, 4.69) is 20.3 Å². The summed E-state index contributed by atoms with van der Waals surface area (Å²) in [5, 5.41) is 9.09. The van der Waals surface area contributed by atoms with Gasteiger partial charge in [-0.15, -0.1) is 0 Å². The summed E-state index contributed by atoms with van der Waals surface area (Å²) in [4.78, 5) is 10.7. The molecule has 1 aliphatic rings. The van der Waals surface area contributed by atoms with Crippen LogP contribution in [0.2, 0.25) is 0 Å². The summed E-state index contributed by atoms with van der Waals surface area (Å²) in [7, 11) is 0. The summed E-state index contributed by atoms with van der Waals surface area (Å²) >= 11 is 0. The number of aromatic nitrogens is 2. The van der Waals surface area contributed by atoms with Crippen LogP contribution in [0.25, 0.3) is 0 Å². The van der Waals surface area contributed by atoms with Gasteiger partial charge in [0, 0.05) is 31.7 Å². The number of aliphatic hydroxyl groups is 1. The van der Waals surface area contributed by atoms with Crippen molar-refractivity contribution in [3.05, 3.63) is 11.9 Å². The molecular formula is C10H17N5O. The summed E-state index contributed by atoms with van der Waals surface area (Å²) in [6.07, 6.45) is 1.00. The van der Waals surface area contributed by atoms with Gasteiger partial charge >= 0.3 is 0 Å². The number of rotatable bonds is 3. The molecule has 6 nitrogen and oxygen atoms in total. The zero-order chi connectivity index (χ0) is 11.5. The van der Waals surface area contributed by atoms with Crippen LogP contribution in [-0.4, -0.2) is 34.8 Å². The van der Waals surface area contributed by atoms with Crippen molar-refractivity contribution in [2.45, 2.75) is 13.3 Å². The molecule has 1 aromatic heterocycles. The molecule has 1 fully saturated rings. The quantitative estimate of drug-likeness (QED) is 0.489. The fourth-order valence-corrected chi connectivity index (χ4v) is 1.98.